The molecule has 35 heavy (non-hydrogen) atoms. The number of carboxylic acid groups (broad SMARTS) is 1. The van der Waals surface area contributed by atoms with Crippen LogP contribution in [0.25, 0.3) is 0 Å². The monoisotopic (exact) mass is 473 g/mol. The molecule has 180 valence electrons. The number of allylic oxidation sites excluding steroid dienone is 1. The highest BCUT2D eigenvalue weighted by Gasteiger charge is 2.61. The molecule has 8 heteroatoms. The van der Waals surface area contributed by atoms with Gasteiger partial charge >= 0.3 is 5.97 Å². The van der Waals surface area contributed by atoms with Gasteiger partial charge in [-0.25, -0.2) is 4.79 Å². The van der Waals surface area contributed by atoms with Crippen LogP contribution in [0.2, 0.25) is 0 Å². The number of amides is 2. The van der Waals surface area contributed by atoms with Gasteiger partial charge in [-0.2, -0.15) is 5.26 Å². The molecule has 4 rings (SSSR count). The van der Waals surface area contributed by atoms with E-state index in [0.29, 0.717) is 23.4 Å². The van der Waals surface area contributed by atoms with Gasteiger partial charge in [0.2, 0.25) is 5.91 Å². The number of fused-ring (bicyclic) bond motifs is 2. The largest absolute Gasteiger partial charge is 0.484 e. The maximum absolute atomic E-state index is 13.3. The molecule has 0 aliphatic heterocycles. The molecular formula is C27H27N3O5. The fourth-order valence-electron chi connectivity index (χ4n) is 4.76. The Morgan fingerprint density at radius 1 is 1.26 bits per heavy atom. The van der Waals surface area contributed by atoms with Crippen molar-refractivity contribution in [2.24, 2.45) is 5.92 Å². The number of carbonyl (C=O) groups excluding carboxylic acids is 2. The summed E-state index contributed by atoms with van der Waals surface area (Å²) in [6, 6.07) is 12.9. The van der Waals surface area contributed by atoms with Crippen molar-refractivity contribution in [2.75, 3.05) is 26.0 Å². The Hall–Kier alpha value is -4.12. The molecule has 1 fully saturated rings. The number of rotatable bonds is 8. The number of carbonyl (C=O) groups is 3. The van der Waals surface area contributed by atoms with Gasteiger partial charge in [-0.05, 0) is 66.6 Å². The third-order valence-corrected chi connectivity index (χ3v) is 6.81. The molecule has 0 heterocycles. The van der Waals surface area contributed by atoms with E-state index in [0.717, 1.165) is 36.5 Å². The van der Waals surface area contributed by atoms with E-state index in [1.54, 1.807) is 32.3 Å². The predicted octanol–water partition coefficient (Wildman–Crippen LogP) is 3.05. The molecule has 0 saturated heterocycles. The Labute approximate surface area is 203 Å². The third-order valence-electron chi connectivity index (χ3n) is 6.81. The molecule has 2 N–H and O–H groups in total. The molecule has 1 spiro atoms. The van der Waals surface area contributed by atoms with Gasteiger partial charge in [0.05, 0.1) is 11.6 Å². The van der Waals surface area contributed by atoms with Crippen molar-refractivity contribution in [3.05, 3.63) is 70.8 Å². The fraction of sp³-hybridized carbons (Fsp3) is 0.333. The van der Waals surface area contributed by atoms with Gasteiger partial charge in [-0.1, -0.05) is 18.2 Å². The first-order valence-corrected chi connectivity index (χ1v) is 11.4. The van der Waals surface area contributed by atoms with E-state index in [9.17, 15) is 19.6 Å². The van der Waals surface area contributed by atoms with Crippen LogP contribution in [0.5, 0.6) is 5.75 Å². The van der Waals surface area contributed by atoms with Gasteiger partial charge in [0, 0.05) is 37.2 Å². The lowest BCUT2D eigenvalue weighted by atomic mass is 9.94. The fourth-order valence-corrected chi connectivity index (χ4v) is 4.76. The number of nitriles is 1. The van der Waals surface area contributed by atoms with Crippen LogP contribution in [0.3, 0.4) is 0 Å². The average Bonchev–Trinajstić information content (AvgIpc) is 3.46. The second-order valence-corrected chi connectivity index (χ2v) is 9.23. The third kappa shape index (κ3) is 5.04. The number of carboxylic acids is 1. The Bertz CT molecular complexity index is 1260. The number of nitrogens with zero attached hydrogens (tertiary/aromatic N) is 2. The lowest BCUT2D eigenvalue weighted by Crippen LogP contribution is -2.27. The standard InChI is InChI=1S/C27H27N3O5/c1-30(2)24(31)16-35-20-9-8-18-10-11-27(21(18)13-20)14-22(27)26(34)29-23-12-17(15-28)6-7-19(23)4-3-5-25(32)33/h3,5-9,12-13,22H,4,10-11,14,16H2,1-2H3,(H,29,34)(H,32,33)/t22-,27-/m0/s1. The van der Waals surface area contributed by atoms with Gasteiger partial charge in [0.1, 0.15) is 5.75 Å². The lowest BCUT2D eigenvalue weighted by Gasteiger charge is -2.16. The van der Waals surface area contributed by atoms with Crippen molar-refractivity contribution in [2.45, 2.75) is 31.1 Å². The maximum atomic E-state index is 13.3. The molecular weight excluding hydrogens is 446 g/mol. The van der Waals surface area contributed by atoms with Crippen LogP contribution in [0.4, 0.5) is 5.69 Å². The lowest BCUT2D eigenvalue weighted by molar-refractivity contribution is -0.132. The van der Waals surface area contributed by atoms with E-state index in [1.807, 2.05) is 18.2 Å². The van der Waals surface area contributed by atoms with Crippen LogP contribution >= 0.6 is 0 Å². The molecule has 2 atom stereocenters. The highest BCUT2D eigenvalue weighted by atomic mass is 16.5. The van der Waals surface area contributed by atoms with Crippen LogP contribution in [-0.4, -0.2) is 48.5 Å². The van der Waals surface area contributed by atoms with Crippen molar-refractivity contribution < 1.29 is 24.2 Å². The predicted molar refractivity (Wildman–Crippen MR) is 129 cm³/mol. The van der Waals surface area contributed by atoms with Gasteiger partial charge in [0.25, 0.3) is 5.91 Å². The summed E-state index contributed by atoms with van der Waals surface area (Å²) in [7, 11) is 3.36. The Morgan fingerprint density at radius 3 is 2.77 bits per heavy atom. The summed E-state index contributed by atoms with van der Waals surface area (Å²) >= 11 is 0. The summed E-state index contributed by atoms with van der Waals surface area (Å²) in [6.45, 7) is -0.0446. The summed E-state index contributed by atoms with van der Waals surface area (Å²) < 4.78 is 5.69. The van der Waals surface area contributed by atoms with E-state index in [-0.39, 0.29) is 29.8 Å². The minimum Gasteiger partial charge on any atom is -0.484 e. The first-order chi connectivity index (χ1) is 16.7. The van der Waals surface area contributed by atoms with Gasteiger partial charge in [-0.15, -0.1) is 0 Å². The SMILES string of the molecule is CN(C)C(=O)COc1ccc2c(c1)[C@]1(CC2)C[C@H]1C(=O)Nc1cc(C#N)ccc1CC=CC(=O)O. The second kappa shape index (κ2) is 9.63. The summed E-state index contributed by atoms with van der Waals surface area (Å²) in [4.78, 5) is 37.4. The van der Waals surface area contributed by atoms with Crippen molar-refractivity contribution in [3.8, 4) is 11.8 Å². The average molecular weight is 474 g/mol. The zero-order chi connectivity index (χ0) is 25.2. The van der Waals surface area contributed by atoms with Gasteiger partial charge in [0.15, 0.2) is 6.61 Å². The zero-order valence-corrected chi connectivity index (χ0v) is 19.7. The second-order valence-electron chi connectivity index (χ2n) is 9.23. The topological polar surface area (TPSA) is 120 Å². The van der Waals surface area contributed by atoms with Crippen molar-refractivity contribution in [1.29, 1.82) is 5.26 Å². The van der Waals surface area contributed by atoms with Crippen LogP contribution in [-0.2, 0) is 32.6 Å². The van der Waals surface area contributed by atoms with Crippen molar-refractivity contribution in [3.63, 3.8) is 0 Å². The Balaban J connectivity index is 1.50. The molecule has 0 radical (unpaired) electrons. The molecule has 2 aromatic carbocycles. The number of hydrogen-bond acceptors (Lipinski definition) is 5. The number of anilines is 1. The smallest absolute Gasteiger partial charge is 0.327 e. The molecule has 1 saturated carbocycles. The number of ether oxygens (including phenoxy) is 1. The molecule has 0 aromatic heterocycles. The summed E-state index contributed by atoms with van der Waals surface area (Å²) in [5.74, 6) is -0.891. The van der Waals surface area contributed by atoms with E-state index in [1.165, 1.54) is 16.5 Å². The van der Waals surface area contributed by atoms with Crippen molar-refractivity contribution in [1.82, 2.24) is 4.90 Å². The van der Waals surface area contributed by atoms with E-state index >= 15 is 0 Å². The molecule has 0 bridgehead atoms. The van der Waals surface area contributed by atoms with Crippen molar-refractivity contribution >= 4 is 23.5 Å². The van der Waals surface area contributed by atoms with Gasteiger partial charge < -0.3 is 20.1 Å². The number of nitrogens with one attached hydrogen (secondary N) is 1. The van der Waals surface area contributed by atoms with E-state index < -0.39 is 5.97 Å². The quantitative estimate of drug-likeness (QED) is 0.569. The molecule has 0 unspecified atom stereocenters. The Morgan fingerprint density at radius 2 is 2.06 bits per heavy atom. The van der Waals surface area contributed by atoms with Crippen LogP contribution in [0.15, 0.2) is 48.6 Å². The molecule has 2 aliphatic carbocycles. The number of hydrogen-bond donors (Lipinski definition) is 2. The van der Waals surface area contributed by atoms with Crippen LogP contribution in [0.1, 0.15) is 35.1 Å². The van der Waals surface area contributed by atoms with E-state index in [2.05, 4.69) is 11.4 Å². The first kappa shape index (κ1) is 24.0. The highest BCUT2D eigenvalue weighted by molar-refractivity contribution is 5.97. The number of aryl methyl sites for hydroxylation is 1. The minimum atomic E-state index is -1.04. The zero-order valence-electron chi connectivity index (χ0n) is 19.7. The van der Waals surface area contributed by atoms with E-state index in [4.69, 9.17) is 9.84 Å². The van der Waals surface area contributed by atoms with Gasteiger partial charge in [-0.3, -0.25) is 9.59 Å². The maximum Gasteiger partial charge on any atom is 0.327 e. The van der Waals surface area contributed by atoms with Crippen LogP contribution < -0.4 is 10.1 Å². The van der Waals surface area contributed by atoms with Crippen LogP contribution in [0, 0.1) is 17.2 Å². The minimum absolute atomic E-state index is 0.0446. The number of likely N-dealkylation sites (N-methyl/N-ethyl adjacent to an activating group) is 1. The first-order valence-electron chi connectivity index (χ1n) is 11.4. The molecule has 2 aliphatic rings. The molecule has 2 amide bonds. The summed E-state index contributed by atoms with van der Waals surface area (Å²) in [5.41, 5.74) is 3.71. The molecule has 8 nitrogen and oxygen atoms in total. The summed E-state index contributed by atoms with van der Waals surface area (Å²) in [6.07, 6.45) is 5.35. The normalized spacial score (nSPS) is 19.7. The molecule has 2 aromatic rings. The Kier molecular flexibility index (Phi) is 6.61. The number of aliphatic carboxylic acids is 1. The summed E-state index contributed by atoms with van der Waals surface area (Å²) in [5, 5.41) is 21.1. The highest BCUT2D eigenvalue weighted by Crippen LogP contribution is 2.62. The number of benzene rings is 2.